The normalized spacial score (nSPS) is 10.5. The number of nitro benzene ring substituents is 1. The van der Waals surface area contributed by atoms with E-state index in [0.29, 0.717) is 15.0 Å². The van der Waals surface area contributed by atoms with Gasteiger partial charge in [0.1, 0.15) is 12.2 Å². The molecule has 0 fully saturated rings. The van der Waals surface area contributed by atoms with E-state index in [1.165, 1.54) is 59.6 Å². The van der Waals surface area contributed by atoms with Gasteiger partial charge in [-0.15, -0.1) is 10.2 Å². The second-order valence-corrected chi connectivity index (χ2v) is 8.00. The zero-order valence-corrected chi connectivity index (χ0v) is 16.7. The molecule has 1 aromatic carbocycles. The zero-order valence-electron chi connectivity index (χ0n) is 15.1. The molecule has 0 radical (unpaired) electrons. The summed E-state index contributed by atoms with van der Waals surface area (Å²) < 4.78 is 1.63. The van der Waals surface area contributed by atoms with E-state index in [9.17, 15) is 19.7 Å². The predicted molar refractivity (Wildman–Crippen MR) is 108 cm³/mol. The van der Waals surface area contributed by atoms with Gasteiger partial charge in [0.2, 0.25) is 5.13 Å². The number of rotatable bonds is 8. The largest absolute Gasteiger partial charge is 0.406 e. The quantitative estimate of drug-likeness (QED) is 0.248. The van der Waals surface area contributed by atoms with Crippen LogP contribution in [0.25, 0.3) is 0 Å². The SMILES string of the molecule is CCSc1nnc(NC(=O)c2cccn(OCc3cccc([N+](=O)[O-])c3)c2=O)s1. The Morgan fingerprint density at radius 3 is 2.93 bits per heavy atom. The van der Waals surface area contributed by atoms with E-state index >= 15 is 0 Å². The number of aromatic nitrogens is 3. The maximum absolute atomic E-state index is 12.5. The van der Waals surface area contributed by atoms with Crippen molar-refractivity contribution in [2.24, 2.45) is 0 Å². The monoisotopic (exact) mass is 433 g/mol. The molecular formula is C17H15N5O5S2. The fourth-order valence-corrected chi connectivity index (χ4v) is 3.90. The maximum atomic E-state index is 12.5. The summed E-state index contributed by atoms with van der Waals surface area (Å²) in [4.78, 5) is 40.7. The number of pyridine rings is 1. The molecule has 12 heteroatoms. The van der Waals surface area contributed by atoms with Crippen molar-refractivity contribution < 1.29 is 14.6 Å². The number of carbonyl (C=O) groups excluding carboxylic acids is 1. The van der Waals surface area contributed by atoms with E-state index in [1.807, 2.05) is 6.92 Å². The lowest BCUT2D eigenvalue weighted by atomic mass is 10.2. The van der Waals surface area contributed by atoms with E-state index in [0.717, 1.165) is 10.5 Å². The number of amides is 1. The Morgan fingerprint density at radius 1 is 1.34 bits per heavy atom. The summed E-state index contributed by atoms with van der Waals surface area (Å²) >= 11 is 2.71. The summed E-state index contributed by atoms with van der Waals surface area (Å²) in [5.41, 5.74) is -0.366. The fourth-order valence-electron chi connectivity index (χ4n) is 2.26. The lowest BCUT2D eigenvalue weighted by Crippen LogP contribution is -2.32. The van der Waals surface area contributed by atoms with Crippen LogP contribution in [0.15, 0.2) is 51.7 Å². The minimum absolute atomic E-state index is 0.0794. The third-order valence-electron chi connectivity index (χ3n) is 3.55. The highest BCUT2D eigenvalue weighted by Crippen LogP contribution is 2.25. The Morgan fingerprint density at radius 2 is 2.17 bits per heavy atom. The first kappa shape index (κ1) is 20.5. The van der Waals surface area contributed by atoms with Gasteiger partial charge in [-0.25, -0.2) is 0 Å². The minimum Gasteiger partial charge on any atom is -0.406 e. The maximum Gasteiger partial charge on any atom is 0.295 e. The van der Waals surface area contributed by atoms with Crippen molar-refractivity contribution >= 4 is 39.8 Å². The Balaban J connectivity index is 1.71. The third-order valence-corrected chi connectivity index (χ3v) is 5.40. The second-order valence-electron chi connectivity index (χ2n) is 5.51. The van der Waals surface area contributed by atoms with Gasteiger partial charge in [-0.2, -0.15) is 4.73 Å². The number of benzene rings is 1. The van der Waals surface area contributed by atoms with Crippen LogP contribution in [-0.4, -0.2) is 31.5 Å². The Hall–Kier alpha value is -3.25. The summed E-state index contributed by atoms with van der Waals surface area (Å²) in [5.74, 6) is 0.195. The molecule has 0 spiro atoms. The number of thioether (sulfide) groups is 1. The molecule has 2 aromatic heterocycles. The number of nitrogens with one attached hydrogen (secondary N) is 1. The van der Waals surface area contributed by atoms with Gasteiger partial charge in [-0.3, -0.25) is 25.0 Å². The number of nitrogens with zero attached hydrogens (tertiary/aromatic N) is 4. The van der Waals surface area contributed by atoms with Gasteiger partial charge >= 0.3 is 0 Å². The molecule has 3 rings (SSSR count). The van der Waals surface area contributed by atoms with Gasteiger partial charge in [0.15, 0.2) is 4.34 Å². The van der Waals surface area contributed by atoms with Crippen LogP contribution in [0, 0.1) is 10.1 Å². The first-order valence-electron chi connectivity index (χ1n) is 8.34. The first-order chi connectivity index (χ1) is 14.0. The zero-order chi connectivity index (χ0) is 20.8. The molecule has 0 unspecified atom stereocenters. The average Bonchev–Trinajstić information content (AvgIpc) is 3.14. The van der Waals surface area contributed by atoms with Crippen molar-refractivity contribution in [3.8, 4) is 0 Å². The summed E-state index contributed by atoms with van der Waals surface area (Å²) in [6.07, 6.45) is 1.36. The van der Waals surface area contributed by atoms with Crippen LogP contribution < -0.4 is 15.7 Å². The Labute approximate surface area is 172 Å². The molecule has 0 atom stereocenters. The topological polar surface area (TPSA) is 129 Å². The third kappa shape index (κ3) is 5.18. The molecule has 0 aliphatic heterocycles. The number of hydrogen-bond donors (Lipinski definition) is 1. The van der Waals surface area contributed by atoms with Crippen molar-refractivity contribution in [1.82, 2.24) is 14.9 Å². The molecule has 10 nitrogen and oxygen atoms in total. The van der Waals surface area contributed by atoms with Crippen LogP contribution in [0.5, 0.6) is 0 Å². The number of anilines is 1. The molecule has 0 saturated heterocycles. The fraction of sp³-hybridized carbons (Fsp3) is 0.176. The minimum atomic E-state index is -0.664. The van der Waals surface area contributed by atoms with Crippen molar-refractivity contribution in [2.45, 2.75) is 17.9 Å². The van der Waals surface area contributed by atoms with Crippen molar-refractivity contribution in [1.29, 1.82) is 0 Å². The van der Waals surface area contributed by atoms with Crippen LogP contribution in [-0.2, 0) is 6.61 Å². The van der Waals surface area contributed by atoms with Gasteiger partial charge in [0.25, 0.3) is 17.2 Å². The van der Waals surface area contributed by atoms with E-state index in [-0.39, 0.29) is 17.9 Å². The molecule has 1 amide bonds. The van der Waals surface area contributed by atoms with E-state index in [1.54, 1.807) is 6.07 Å². The van der Waals surface area contributed by atoms with Crippen molar-refractivity contribution in [3.05, 3.63) is 74.2 Å². The second kappa shape index (κ2) is 9.30. The number of non-ortho nitro benzene ring substituents is 1. The molecule has 2 heterocycles. The van der Waals surface area contributed by atoms with Gasteiger partial charge in [0.05, 0.1) is 4.92 Å². The van der Waals surface area contributed by atoms with Crippen LogP contribution in [0.4, 0.5) is 10.8 Å². The Bertz CT molecular complexity index is 1100. The Kier molecular flexibility index (Phi) is 6.57. The molecule has 0 bridgehead atoms. The predicted octanol–water partition coefficient (Wildman–Crippen LogP) is 2.60. The van der Waals surface area contributed by atoms with Crippen LogP contribution in [0.2, 0.25) is 0 Å². The van der Waals surface area contributed by atoms with Crippen molar-refractivity contribution in [2.75, 3.05) is 11.1 Å². The number of hydrogen-bond acceptors (Lipinski definition) is 9. The van der Waals surface area contributed by atoms with E-state index in [4.69, 9.17) is 4.84 Å². The standard InChI is InChI=1S/C17H15N5O5S2/c1-2-28-17-20-19-16(29-17)18-14(23)13-7-4-8-21(15(13)24)27-10-11-5-3-6-12(9-11)22(25)26/h3-9H,2,10H2,1H3,(H,18,19,23). The number of carbonyl (C=O) groups is 1. The van der Waals surface area contributed by atoms with Gasteiger partial charge < -0.3 is 4.84 Å². The van der Waals surface area contributed by atoms with Gasteiger partial charge in [-0.05, 0) is 23.4 Å². The molecule has 3 aromatic rings. The summed E-state index contributed by atoms with van der Waals surface area (Å²) in [6, 6.07) is 8.73. The highest BCUT2D eigenvalue weighted by Gasteiger charge is 2.15. The molecular weight excluding hydrogens is 418 g/mol. The van der Waals surface area contributed by atoms with Crippen LogP contribution in [0.1, 0.15) is 22.8 Å². The summed E-state index contributed by atoms with van der Waals surface area (Å²) in [5, 5.41) is 21.5. The molecule has 1 N–H and O–H groups in total. The molecule has 0 aliphatic rings. The van der Waals surface area contributed by atoms with Crippen LogP contribution in [0.3, 0.4) is 0 Å². The molecule has 0 saturated carbocycles. The summed E-state index contributed by atoms with van der Waals surface area (Å²) in [7, 11) is 0. The van der Waals surface area contributed by atoms with Gasteiger partial charge in [-0.1, -0.05) is 42.2 Å². The van der Waals surface area contributed by atoms with E-state index < -0.39 is 16.4 Å². The number of nitro groups is 1. The molecule has 29 heavy (non-hydrogen) atoms. The highest BCUT2D eigenvalue weighted by atomic mass is 32.2. The lowest BCUT2D eigenvalue weighted by molar-refractivity contribution is -0.384. The highest BCUT2D eigenvalue weighted by molar-refractivity contribution is 8.01. The first-order valence-corrected chi connectivity index (χ1v) is 10.1. The van der Waals surface area contributed by atoms with Crippen molar-refractivity contribution in [3.63, 3.8) is 0 Å². The van der Waals surface area contributed by atoms with E-state index in [2.05, 4.69) is 15.5 Å². The smallest absolute Gasteiger partial charge is 0.295 e. The van der Waals surface area contributed by atoms with Gasteiger partial charge in [0, 0.05) is 18.3 Å². The molecule has 150 valence electrons. The summed E-state index contributed by atoms with van der Waals surface area (Å²) in [6.45, 7) is 1.89. The lowest BCUT2D eigenvalue weighted by Gasteiger charge is -2.09. The molecule has 0 aliphatic carbocycles. The average molecular weight is 433 g/mol. The van der Waals surface area contributed by atoms with Crippen LogP contribution >= 0.6 is 23.1 Å².